The number of hydrogen-bond donors (Lipinski definition) is 1. The Bertz CT molecular complexity index is 979. The van der Waals surface area contributed by atoms with Gasteiger partial charge in [0.1, 0.15) is 5.75 Å². The molecule has 0 unspecified atom stereocenters. The van der Waals surface area contributed by atoms with E-state index in [0.29, 0.717) is 11.8 Å². The molecule has 5 nitrogen and oxygen atoms in total. The van der Waals surface area contributed by atoms with E-state index in [2.05, 4.69) is 45.5 Å². The lowest BCUT2D eigenvalue weighted by Gasteiger charge is -2.33. The van der Waals surface area contributed by atoms with Crippen LogP contribution in [0.15, 0.2) is 72.9 Å². The topological polar surface area (TPSA) is 54.5 Å². The van der Waals surface area contributed by atoms with E-state index in [9.17, 15) is 4.79 Å². The van der Waals surface area contributed by atoms with E-state index < -0.39 is 0 Å². The first-order valence-corrected chi connectivity index (χ1v) is 10.9. The highest BCUT2D eigenvalue weighted by Crippen LogP contribution is 2.31. The fourth-order valence-electron chi connectivity index (χ4n) is 4.15. The summed E-state index contributed by atoms with van der Waals surface area (Å²) in [4.78, 5) is 18.1. The lowest BCUT2D eigenvalue weighted by molar-refractivity contribution is -0.119. The average molecular weight is 416 g/mol. The van der Waals surface area contributed by atoms with Crippen molar-refractivity contribution in [3.63, 3.8) is 0 Å². The minimum Gasteiger partial charge on any atom is -0.439 e. The van der Waals surface area contributed by atoms with Gasteiger partial charge in [0.2, 0.25) is 11.8 Å². The van der Waals surface area contributed by atoms with E-state index in [0.717, 1.165) is 42.9 Å². The summed E-state index contributed by atoms with van der Waals surface area (Å²) in [5, 5.41) is 2.94. The molecule has 1 fully saturated rings. The molecule has 1 amide bonds. The number of aromatic nitrogens is 1. The van der Waals surface area contributed by atoms with Crippen molar-refractivity contribution in [2.24, 2.45) is 0 Å². The summed E-state index contributed by atoms with van der Waals surface area (Å²) in [7, 11) is 0. The number of pyridine rings is 1. The van der Waals surface area contributed by atoms with Gasteiger partial charge < -0.3 is 15.0 Å². The summed E-state index contributed by atoms with van der Waals surface area (Å²) in [5.74, 6) is 1.97. The number of amides is 1. The standard InChI is InChI=1S/C26H29N3O2/c1-19(28-20(2)30)21-8-10-22(11-9-21)23-14-16-29(17-15-23)24-12-13-26(27-18-24)31-25-6-4-3-5-7-25/h3-13,18-19,23H,14-17H2,1-2H3,(H,28,30)/t19-/m0/s1. The molecule has 3 aromatic rings. The minimum atomic E-state index is -0.00176. The molecule has 4 rings (SSSR count). The molecule has 0 bridgehead atoms. The van der Waals surface area contributed by atoms with Crippen LogP contribution in [0, 0.1) is 0 Å². The predicted molar refractivity (Wildman–Crippen MR) is 124 cm³/mol. The van der Waals surface area contributed by atoms with Crippen molar-refractivity contribution in [1.29, 1.82) is 0 Å². The Balaban J connectivity index is 1.31. The normalized spacial score (nSPS) is 15.4. The minimum absolute atomic E-state index is 0.00176. The molecule has 0 aliphatic carbocycles. The van der Waals surface area contributed by atoms with Crippen LogP contribution in [0.5, 0.6) is 11.6 Å². The Morgan fingerprint density at radius 1 is 1.03 bits per heavy atom. The summed E-state index contributed by atoms with van der Waals surface area (Å²) in [6, 6.07) is 22.5. The molecule has 1 atom stereocenters. The quantitative estimate of drug-likeness (QED) is 0.581. The first-order valence-electron chi connectivity index (χ1n) is 10.9. The number of piperidine rings is 1. The van der Waals surface area contributed by atoms with Gasteiger partial charge in [0, 0.05) is 26.1 Å². The van der Waals surface area contributed by atoms with Crippen molar-refractivity contribution in [2.75, 3.05) is 18.0 Å². The van der Waals surface area contributed by atoms with Crippen LogP contribution in [0.4, 0.5) is 5.69 Å². The maximum absolute atomic E-state index is 11.3. The molecule has 1 aliphatic rings. The van der Waals surface area contributed by atoms with E-state index in [1.807, 2.05) is 49.5 Å². The summed E-state index contributed by atoms with van der Waals surface area (Å²) >= 11 is 0. The molecular weight excluding hydrogens is 386 g/mol. The third-order valence-corrected chi connectivity index (χ3v) is 5.87. The van der Waals surface area contributed by atoms with E-state index in [4.69, 9.17) is 4.74 Å². The number of rotatable bonds is 6. The van der Waals surface area contributed by atoms with Crippen molar-refractivity contribution in [2.45, 2.75) is 38.6 Å². The summed E-state index contributed by atoms with van der Waals surface area (Å²) in [6.07, 6.45) is 4.13. The average Bonchev–Trinajstić information content (AvgIpc) is 2.80. The Hall–Kier alpha value is -3.34. The lowest BCUT2D eigenvalue weighted by atomic mass is 9.88. The van der Waals surface area contributed by atoms with Gasteiger partial charge in [-0.1, -0.05) is 42.5 Å². The van der Waals surface area contributed by atoms with Crippen molar-refractivity contribution in [3.8, 4) is 11.6 Å². The fourth-order valence-corrected chi connectivity index (χ4v) is 4.15. The zero-order chi connectivity index (χ0) is 21.6. The van der Waals surface area contributed by atoms with Crippen molar-refractivity contribution in [3.05, 3.63) is 84.1 Å². The number of anilines is 1. The van der Waals surface area contributed by atoms with Crippen LogP contribution in [0.2, 0.25) is 0 Å². The molecule has 1 aliphatic heterocycles. The monoisotopic (exact) mass is 415 g/mol. The number of nitrogens with one attached hydrogen (secondary N) is 1. The zero-order valence-corrected chi connectivity index (χ0v) is 18.1. The second-order valence-corrected chi connectivity index (χ2v) is 8.12. The highest BCUT2D eigenvalue weighted by atomic mass is 16.5. The smallest absolute Gasteiger partial charge is 0.219 e. The Labute approximate surface area is 184 Å². The maximum Gasteiger partial charge on any atom is 0.219 e. The van der Waals surface area contributed by atoms with Crippen LogP contribution < -0.4 is 15.0 Å². The number of carbonyl (C=O) groups is 1. The highest BCUT2D eigenvalue weighted by Gasteiger charge is 2.21. The molecule has 0 saturated carbocycles. The van der Waals surface area contributed by atoms with Gasteiger partial charge in [-0.25, -0.2) is 4.98 Å². The zero-order valence-electron chi connectivity index (χ0n) is 18.1. The molecule has 1 saturated heterocycles. The molecule has 0 radical (unpaired) electrons. The summed E-state index contributed by atoms with van der Waals surface area (Å²) in [6.45, 7) is 5.59. The molecule has 31 heavy (non-hydrogen) atoms. The number of nitrogens with zero attached hydrogens (tertiary/aromatic N) is 2. The van der Waals surface area contributed by atoms with Crippen LogP contribution in [0.25, 0.3) is 0 Å². The molecule has 2 aromatic carbocycles. The van der Waals surface area contributed by atoms with Gasteiger partial charge in [-0.3, -0.25) is 4.79 Å². The Kier molecular flexibility index (Phi) is 6.51. The van der Waals surface area contributed by atoms with Crippen molar-refractivity contribution in [1.82, 2.24) is 10.3 Å². The largest absolute Gasteiger partial charge is 0.439 e. The SMILES string of the molecule is CC(=O)N[C@@H](C)c1ccc(C2CCN(c3ccc(Oc4ccccc4)nc3)CC2)cc1. The first-order chi connectivity index (χ1) is 15.1. The van der Waals surface area contributed by atoms with Crippen molar-refractivity contribution >= 4 is 11.6 Å². The molecular formula is C26H29N3O2. The number of carbonyl (C=O) groups excluding carboxylic acids is 1. The maximum atomic E-state index is 11.3. The number of ether oxygens (including phenoxy) is 1. The highest BCUT2D eigenvalue weighted by molar-refractivity contribution is 5.73. The third kappa shape index (κ3) is 5.43. The first kappa shape index (κ1) is 20.9. The van der Waals surface area contributed by atoms with Gasteiger partial charge >= 0.3 is 0 Å². The molecule has 1 N–H and O–H groups in total. The van der Waals surface area contributed by atoms with Gasteiger partial charge in [-0.15, -0.1) is 0 Å². The van der Waals surface area contributed by atoms with Crippen LogP contribution in [0.3, 0.4) is 0 Å². The fraction of sp³-hybridized carbons (Fsp3) is 0.308. The lowest BCUT2D eigenvalue weighted by Crippen LogP contribution is -2.32. The van der Waals surface area contributed by atoms with Crippen LogP contribution in [0.1, 0.15) is 49.8 Å². The predicted octanol–water partition coefficient (Wildman–Crippen LogP) is 5.46. The number of hydrogen-bond acceptors (Lipinski definition) is 4. The van der Waals surface area contributed by atoms with Crippen LogP contribution >= 0.6 is 0 Å². The second kappa shape index (κ2) is 9.65. The van der Waals surface area contributed by atoms with Gasteiger partial charge in [0.25, 0.3) is 0 Å². The number of para-hydroxylation sites is 1. The third-order valence-electron chi connectivity index (χ3n) is 5.87. The van der Waals surface area contributed by atoms with Crippen LogP contribution in [-0.4, -0.2) is 24.0 Å². The van der Waals surface area contributed by atoms with E-state index in [1.54, 1.807) is 6.92 Å². The van der Waals surface area contributed by atoms with Gasteiger partial charge in [-0.05, 0) is 55.0 Å². The molecule has 2 heterocycles. The number of benzene rings is 2. The van der Waals surface area contributed by atoms with Gasteiger partial charge in [0.15, 0.2) is 0 Å². The summed E-state index contributed by atoms with van der Waals surface area (Å²) < 4.78 is 5.79. The molecule has 0 spiro atoms. The second-order valence-electron chi connectivity index (χ2n) is 8.12. The molecule has 1 aromatic heterocycles. The van der Waals surface area contributed by atoms with Crippen molar-refractivity contribution < 1.29 is 9.53 Å². The Morgan fingerprint density at radius 2 is 1.74 bits per heavy atom. The van der Waals surface area contributed by atoms with E-state index in [1.165, 1.54) is 5.56 Å². The van der Waals surface area contributed by atoms with E-state index >= 15 is 0 Å². The molecule has 5 heteroatoms. The Morgan fingerprint density at radius 3 is 2.35 bits per heavy atom. The van der Waals surface area contributed by atoms with E-state index in [-0.39, 0.29) is 11.9 Å². The molecule has 160 valence electrons. The van der Waals surface area contributed by atoms with Gasteiger partial charge in [0.05, 0.1) is 17.9 Å². The van der Waals surface area contributed by atoms with Gasteiger partial charge in [-0.2, -0.15) is 0 Å². The van der Waals surface area contributed by atoms with Crippen LogP contribution in [-0.2, 0) is 4.79 Å². The summed E-state index contributed by atoms with van der Waals surface area (Å²) in [5.41, 5.74) is 3.65.